The number of hydrogen-bond acceptors (Lipinski definition) is 5. The van der Waals surface area contributed by atoms with E-state index in [0.717, 1.165) is 38.2 Å². The van der Waals surface area contributed by atoms with Crippen LogP contribution >= 0.6 is 35.1 Å². The number of nitrogens with zero attached hydrogens (tertiary/aromatic N) is 3. The Balaban J connectivity index is 1.27. The summed E-state index contributed by atoms with van der Waals surface area (Å²) in [5.74, 6) is 1.52. The largest absolute Gasteiger partial charge is 0.324 e. The summed E-state index contributed by atoms with van der Waals surface area (Å²) in [6.45, 7) is 0. The van der Waals surface area contributed by atoms with Gasteiger partial charge >= 0.3 is 0 Å². The Morgan fingerprint density at radius 1 is 0.811 bits per heavy atom. The fourth-order valence-corrected chi connectivity index (χ4v) is 5.58. The topological polar surface area (TPSA) is 59.8 Å². The molecule has 0 saturated heterocycles. The first-order valence-corrected chi connectivity index (χ1v) is 14.0. The molecule has 0 aliphatic carbocycles. The van der Waals surface area contributed by atoms with Gasteiger partial charge in [0.15, 0.2) is 5.82 Å². The molecule has 1 N–H and O–H groups in total. The highest BCUT2D eigenvalue weighted by Crippen LogP contribution is 2.32. The number of thioether (sulfide) groups is 2. The molecule has 0 aliphatic heterocycles. The number of para-hydroxylation sites is 2. The molecule has 4 aromatic carbocycles. The first-order chi connectivity index (χ1) is 18.2. The number of benzene rings is 4. The molecule has 0 bridgehead atoms. The minimum Gasteiger partial charge on any atom is -0.324 e. The monoisotopic (exact) mass is 542 g/mol. The van der Waals surface area contributed by atoms with Gasteiger partial charge in [0, 0.05) is 21.2 Å². The maximum atomic E-state index is 12.9. The van der Waals surface area contributed by atoms with Crippen LogP contribution in [0.1, 0.15) is 5.56 Å². The Labute approximate surface area is 229 Å². The molecular formula is C29H23ClN4OS2. The molecule has 0 fully saturated rings. The molecule has 5 aromatic rings. The van der Waals surface area contributed by atoms with Gasteiger partial charge in [0.2, 0.25) is 11.1 Å². The summed E-state index contributed by atoms with van der Waals surface area (Å²) in [4.78, 5) is 18.6. The van der Waals surface area contributed by atoms with E-state index in [1.165, 1.54) is 11.8 Å². The second kappa shape index (κ2) is 12.1. The van der Waals surface area contributed by atoms with Gasteiger partial charge < -0.3 is 5.32 Å². The summed E-state index contributed by atoms with van der Waals surface area (Å²) in [5, 5.41) is 9.02. The lowest BCUT2D eigenvalue weighted by Crippen LogP contribution is -2.14. The molecule has 0 saturated carbocycles. The van der Waals surface area contributed by atoms with Crippen LogP contribution < -0.4 is 5.32 Å². The average molecular weight is 543 g/mol. The normalized spacial score (nSPS) is 10.8. The number of nitrogens with one attached hydrogen (secondary N) is 1. The first kappa shape index (κ1) is 25.1. The number of hydrogen-bond donors (Lipinski definition) is 1. The predicted molar refractivity (Wildman–Crippen MR) is 154 cm³/mol. The van der Waals surface area contributed by atoms with Crippen molar-refractivity contribution in [2.24, 2.45) is 0 Å². The van der Waals surface area contributed by atoms with Crippen LogP contribution in [0.4, 0.5) is 5.69 Å². The van der Waals surface area contributed by atoms with Gasteiger partial charge in [-0.3, -0.25) is 4.79 Å². The summed E-state index contributed by atoms with van der Waals surface area (Å²) in [5.41, 5.74) is 3.70. The summed E-state index contributed by atoms with van der Waals surface area (Å²) < 4.78 is 1.82. The molecule has 0 radical (unpaired) electrons. The Morgan fingerprint density at radius 3 is 2.27 bits per heavy atom. The summed E-state index contributed by atoms with van der Waals surface area (Å²) >= 11 is 9.25. The SMILES string of the molecule is O=C(CSc1nc(-c2ccccc2)n(-c2ccccc2)n1)Nc1ccccc1SCc1ccccc1Cl. The number of halogens is 1. The van der Waals surface area contributed by atoms with E-state index >= 15 is 0 Å². The number of carbonyl (C=O) groups excluding carboxylic acids is 1. The third kappa shape index (κ3) is 6.43. The standard InChI is InChI=1S/C29H23ClN4OS2/c30-24-16-8-7-13-22(24)19-36-26-18-10-9-17-25(26)31-27(35)20-37-29-32-28(21-11-3-1-4-12-21)34(33-29)23-14-5-2-6-15-23/h1-18H,19-20H2,(H,31,35). The Kier molecular flexibility index (Phi) is 8.25. The maximum Gasteiger partial charge on any atom is 0.234 e. The van der Waals surface area contributed by atoms with Gasteiger partial charge in [0.1, 0.15) is 0 Å². The molecular weight excluding hydrogens is 520 g/mol. The molecule has 1 heterocycles. The van der Waals surface area contributed by atoms with E-state index in [1.807, 2.05) is 114 Å². The van der Waals surface area contributed by atoms with Gasteiger partial charge in [0.25, 0.3) is 0 Å². The number of aromatic nitrogens is 3. The highest BCUT2D eigenvalue weighted by molar-refractivity contribution is 7.99. The molecule has 1 amide bonds. The van der Waals surface area contributed by atoms with Crippen molar-refractivity contribution < 1.29 is 4.79 Å². The quantitative estimate of drug-likeness (QED) is 0.194. The van der Waals surface area contributed by atoms with E-state index in [9.17, 15) is 4.79 Å². The van der Waals surface area contributed by atoms with E-state index in [-0.39, 0.29) is 11.7 Å². The zero-order valence-electron chi connectivity index (χ0n) is 19.8. The van der Waals surface area contributed by atoms with Crippen LogP contribution in [0, 0.1) is 0 Å². The highest BCUT2D eigenvalue weighted by Gasteiger charge is 2.16. The van der Waals surface area contributed by atoms with Crippen molar-refractivity contribution in [2.75, 3.05) is 11.1 Å². The van der Waals surface area contributed by atoms with Crippen LogP contribution in [0.3, 0.4) is 0 Å². The van der Waals surface area contributed by atoms with E-state index in [4.69, 9.17) is 21.7 Å². The van der Waals surface area contributed by atoms with Crippen LogP contribution in [-0.4, -0.2) is 26.4 Å². The van der Waals surface area contributed by atoms with E-state index in [1.54, 1.807) is 11.8 Å². The maximum absolute atomic E-state index is 12.9. The highest BCUT2D eigenvalue weighted by atomic mass is 35.5. The fraction of sp³-hybridized carbons (Fsp3) is 0.0690. The van der Waals surface area contributed by atoms with E-state index in [0.29, 0.717) is 10.9 Å². The van der Waals surface area contributed by atoms with Crippen molar-refractivity contribution >= 4 is 46.7 Å². The van der Waals surface area contributed by atoms with Crippen LogP contribution in [0.2, 0.25) is 5.02 Å². The van der Waals surface area contributed by atoms with Gasteiger partial charge in [-0.2, -0.15) is 0 Å². The van der Waals surface area contributed by atoms with Crippen LogP contribution in [0.25, 0.3) is 17.1 Å². The molecule has 37 heavy (non-hydrogen) atoms. The fourth-order valence-electron chi connectivity index (χ4n) is 3.66. The molecule has 1 aromatic heterocycles. The lowest BCUT2D eigenvalue weighted by atomic mass is 10.2. The summed E-state index contributed by atoms with van der Waals surface area (Å²) in [6.07, 6.45) is 0. The Hall–Kier alpha value is -3.52. The summed E-state index contributed by atoms with van der Waals surface area (Å²) in [6, 6.07) is 35.4. The van der Waals surface area contributed by atoms with E-state index < -0.39 is 0 Å². The molecule has 5 nitrogen and oxygen atoms in total. The predicted octanol–water partition coefficient (Wildman–Crippen LogP) is 7.61. The molecule has 0 atom stereocenters. The molecule has 8 heteroatoms. The minimum absolute atomic E-state index is 0.117. The summed E-state index contributed by atoms with van der Waals surface area (Å²) in [7, 11) is 0. The van der Waals surface area contributed by atoms with Crippen molar-refractivity contribution in [1.29, 1.82) is 0 Å². The van der Waals surface area contributed by atoms with Gasteiger partial charge in [0.05, 0.1) is 17.1 Å². The molecule has 5 rings (SSSR count). The molecule has 184 valence electrons. The van der Waals surface area contributed by atoms with Crippen molar-refractivity contribution in [3.8, 4) is 17.1 Å². The number of rotatable bonds is 9. The van der Waals surface area contributed by atoms with Crippen molar-refractivity contribution in [3.63, 3.8) is 0 Å². The average Bonchev–Trinajstić information content (AvgIpc) is 3.38. The lowest BCUT2D eigenvalue weighted by Gasteiger charge is -2.11. The minimum atomic E-state index is -0.117. The Morgan fingerprint density at radius 2 is 1.49 bits per heavy atom. The second-order valence-corrected chi connectivity index (χ2v) is 10.4. The van der Waals surface area contributed by atoms with Crippen LogP contribution in [-0.2, 0) is 10.5 Å². The van der Waals surface area contributed by atoms with E-state index in [2.05, 4.69) is 5.32 Å². The van der Waals surface area contributed by atoms with Crippen molar-refractivity contribution in [3.05, 3.63) is 120 Å². The molecule has 0 unspecified atom stereocenters. The zero-order chi connectivity index (χ0) is 25.5. The lowest BCUT2D eigenvalue weighted by molar-refractivity contribution is -0.113. The van der Waals surface area contributed by atoms with Crippen molar-refractivity contribution in [2.45, 2.75) is 15.8 Å². The third-order valence-electron chi connectivity index (χ3n) is 5.45. The molecule has 0 aliphatic rings. The number of carbonyl (C=O) groups is 1. The second-order valence-electron chi connectivity index (χ2n) is 8.04. The number of amides is 1. The van der Waals surface area contributed by atoms with Crippen molar-refractivity contribution in [1.82, 2.24) is 14.8 Å². The number of anilines is 1. The van der Waals surface area contributed by atoms with Crippen LogP contribution in [0.5, 0.6) is 0 Å². The first-order valence-electron chi connectivity index (χ1n) is 11.6. The van der Waals surface area contributed by atoms with Gasteiger partial charge in [-0.15, -0.1) is 16.9 Å². The Bertz CT molecular complexity index is 1440. The van der Waals surface area contributed by atoms with Gasteiger partial charge in [-0.25, -0.2) is 9.67 Å². The molecule has 0 spiro atoms. The smallest absolute Gasteiger partial charge is 0.234 e. The van der Waals surface area contributed by atoms with Crippen LogP contribution in [0.15, 0.2) is 119 Å². The van der Waals surface area contributed by atoms with Gasteiger partial charge in [-0.1, -0.05) is 102 Å². The van der Waals surface area contributed by atoms with Gasteiger partial charge in [-0.05, 0) is 35.9 Å². The third-order valence-corrected chi connectivity index (χ3v) is 7.78. The zero-order valence-corrected chi connectivity index (χ0v) is 22.1.